The number of nitrogen functional groups attached to an aromatic ring is 1. The van der Waals surface area contributed by atoms with Crippen LogP contribution in [0.4, 0.5) is 14.5 Å². The van der Waals surface area contributed by atoms with Gasteiger partial charge >= 0.3 is 0 Å². The number of aromatic amines is 1. The van der Waals surface area contributed by atoms with Crippen molar-refractivity contribution in [2.24, 2.45) is 0 Å². The molecular weight excluding hydrogens is 264 g/mol. The number of ether oxygens (including phenoxy) is 1. The predicted molar refractivity (Wildman–Crippen MR) is 71.2 cm³/mol. The zero-order valence-electron chi connectivity index (χ0n) is 10.4. The van der Waals surface area contributed by atoms with Crippen LogP contribution in [-0.4, -0.2) is 9.97 Å². The molecule has 0 aliphatic carbocycles. The van der Waals surface area contributed by atoms with Gasteiger partial charge in [0.05, 0.1) is 5.52 Å². The summed E-state index contributed by atoms with van der Waals surface area (Å²) in [6.07, 6.45) is 0. The second-order valence-electron chi connectivity index (χ2n) is 4.33. The summed E-state index contributed by atoms with van der Waals surface area (Å²) < 4.78 is 32.0. The standard InChI is InChI=1S/C14H11F2N3O/c15-8-4-11(16)14-12(5-8)18-13(19-14)7-20-10-3-1-2-9(17)6-10/h1-6H,7,17H2,(H,18,19). The molecular formula is C14H11F2N3O. The summed E-state index contributed by atoms with van der Waals surface area (Å²) in [6.45, 7) is 0.110. The van der Waals surface area contributed by atoms with Crippen molar-refractivity contribution >= 4 is 16.7 Å². The van der Waals surface area contributed by atoms with Crippen LogP contribution in [-0.2, 0) is 6.61 Å². The normalized spacial score (nSPS) is 10.9. The Balaban J connectivity index is 1.83. The molecule has 4 nitrogen and oxygen atoms in total. The lowest BCUT2D eigenvalue weighted by Crippen LogP contribution is -1.97. The van der Waals surface area contributed by atoms with Gasteiger partial charge in [0, 0.05) is 17.8 Å². The van der Waals surface area contributed by atoms with Crippen molar-refractivity contribution in [2.45, 2.75) is 6.61 Å². The number of aromatic nitrogens is 2. The molecule has 0 aliphatic rings. The number of fused-ring (bicyclic) bond motifs is 1. The van der Waals surface area contributed by atoms with Gasteiger partial charge in [-0.2, -0.15) is 0 Å². The van der Waals surface area contributed by atoms with E-state index in [1.165, 1.54) is 6.07 Å². The summed E-state index contributed by atoms with van der Waals surface area (Å²) >= 11 is 0. The van der Waals surface area contributed by atoms with Gasteiger partial charge in [0.15, 0.2) is 5.82 Å². The van der Waals surface area contributed by atoms with Crippen LogP contribution in [0.5, 0.6) is 5.75 Å². The molecule has 0 fully saturated rings. The Morgan fingerprint density at radius 2 is 2.05 bits per heavy atom. The molecule has 102 valence electrons. The highest BCUT2D eigenvalue weighted by molar-refractivity contribution is 5.75. The van der Waals surface area contributed by atoms with Gasteiger partial charge in [0.25, 0.3) is 0 Å². The van der Waals surface area contributed by atoms with E-state index in [1.54, 1.807) is 24.3 Å². The summed E-state index contributed by atoms with van der Waals surface area (Å²) in [5.41, 5.74) is 6.61. The van der Waals surface area contributed by atoms with Crippen molar-refractivity contribution < 1.29 is 13.5 Å². The molecule has 0 amide bonds. The van der Waals surface area contributed by atoms with Gasteiger partial charge in [-0.05, 0) is 18.2 Å². The third-order valence-electron chi connectivity index (χ3n) is 2.79. The molecule has 20 heavy (non-hydrogen) atoms. The molecule has 0 bridgehead atoms. The smallest absolute Gasteiger partial charge is 0.153 e. The zero-order chi connectivity index (χ0) is 14.1. The Hall–Kier alpha value is -2.63. The molecule has 0 spiro atoms. The van der Waals surface area contributed by atoms with E-state index in [0.29, 0.717) is 22.8 Å². The fraction of sp³-hybridized carbons (Fsp3) is 0.0714. The second kappa shape index (κ2) is 4.80. The monoisotopic (exact) mass is 275 g/mol. The lowest BCUT2D eigenvalue weighted by molar-refractivity contribution is 0.297. The average Bonchev–Trinajstić information content (AvgIpc) is 2.80. The first-order chi connectivity index (χ1) is 9.61. The molecule has 0 atom stereocenters. The Labute approximate surface area is 113 Å². The number of nitrogens with two attached hydrogens (primary N) is 1. The van der Waals surface area contributed by atoms with E-state index >= 15 is 0 Å². The summed E-state index contributed by atoms with van der Waals surface area (Å²) in [5, 5.41) is 0. The van der Waals surface area contributed by atoms with Crippen LogP contribution >= 0.6 is 0 Å². The van der Waals surface area contributed by atoms with Crippen LogP contribution in [0.15, 0.2) is 36.4 Å². The molecule has 0 radical (unpaired) electrons. The van der Waals surface area contributed by atoms with Gasteiger partial charge in [-0.15, -0.1) is 0 Å². The number of rotatable bonds is 3. The highest BCUT2D eigenvalue weighted by atomic mass is 19.1. The van der Waals surface area contributed by atoms with Crippen molar-refractivity contribution in [1.82, 2.24) is 9.97 Å². The minimum atomic E-state index is -0.702. The SMILES string of the molecule is Nc1cccc(OCc2nc3c(F)cc(F)cc3[nH]2)c1. The number of nitrogens with one attached hydrogen (secondary N) is 1. The minimum Gasteiger partial charge on any atom is -0.486 e. The lowest BCUT2D eigenvalue weighted by atomic mass is 10.3. The Kier molecular flexibility index (Phi) is 2.98. The summed E-state index contributed by atoms with van der Waals surface area (Å²) in [5.74, 6) is -0.363. The first kappa shape index (κ1) is 12.4. The molecule has 0 saturated heterocycles. The van der Waals surface area contributed by atoms with E-state index in [1.807, 2.05) is 0 Å². The van der Waals surface area contributed by atoms with Crippen LogP contribution in [0.2, 0.25) is 0 Å². The van der Waals surface area contributed by atoms with Gasteiger partial charge in [-0.1, -0.05) is 6.07 Å². The molecule has 3 aromatic rings. The third kappa shape index (κ3) is 2.40. The van der Waals surface area contributed by atoms with Gasteiger partial charge < -0.3 is 15.5 Å². The molecule has 0 unspecified atom stereocenters. The van der Waals surface area contributed by atoms with Crippen molar-refractivity contribution in [3.63, 3.8) is 0 Å². The Morgan fingerprint density at radius 3 is 2.85 bits per heavy atom. The first-order valence-electron chi connectivity index (χ1n) is 5.94. The van der Waals surface area contributed by atoms with Gasteiger partial charge in [-0.3, -0.25) is 0 Å². The van der Waals surface area contributed by atoms with Gasteiger partial charge in [0.2, 0.25) is 0 Å². The maximum absolute atomic E-state index is 13.5. The van der Waals surface area contributed by atoms with Crippen molar-refractivity contribution in [2.75, 3.05) is 5.73 Å². The first-order valence-corrected chi connectivity index (χ1v) is 5.94. The molecule has 1 heterocycles. The van der Waals surface area contributed by atoms with E-state index in [9.17, 15) is 8.78 Å². The maximum Gasteiger partial charge on any atom is 0.153 e. The summed E-state index contributed by atoms with van der Waals surface area (Å²) in [7, 11) is 0. The molecule has 6 heteroatoms. The third-order valence-corrected chi connectivity index (χ3v) is 2.79. The number of hydrogen-bond acceptors (Lipinski definition) is 3. The fourth-order valence-corrected chi connectivity index (χ4v) is 1.92. The van der Waals surface area contributed by atoms with Gasteiger partial charge in [0.1, 0.15) is 29.5 Å². The van der Waals surface area contributed by atoms with Crippen molar-refractivity contribution in [3.05, 3.63) is 53.9 Å². The maximum atomic E-state index is 13.5. The average molecular weight is 275 g/mol. The summed E-state index contributed by atoms with van der Waals surface area (Å²) in [6, 6.07) is 8.91. The van der Waals surface area contributed by atoms with Gasteiger partial charge in [-0.25, -0.2) is 13.8 Å². The van der Waals surface area contributed by atoms with Crippen LogP contribution in [0.3, 0.4) is 0 Å². The second-order valence-corrected chi connectivity index (χ2v) is 4.33. The van der Waals surface area contributed by atoms with Crippen LogP contribution < -0.4 is 10.5 Å². The predicted octanol–water partition coefficient (Wildman–Crippen LogP) is 3.00. The topological polar surface area (TPSA) is 63.9 Å². The largest absolute Gasteiger partial charge is 0.486 e. The van der Waals surface area contributed by atoms with Crippen molar-refractivity contribution in [1.29, 1.82) is 0 Å². The van der Waals surface area contributed by atoms with E-state index in [0.717, 1.165) is 6.07 Å². The Morgan fingerprint density at radius 1 is 1.20 bits per heavy atom. The zero-order valence-corrected chi connectivity index (χ0v) is 10.4. The molecule has 2 aromatic carbocycles. The number of hydrogen-bond donors (Lipinski definition) is 2. The molecule has 0 saturated carbocycles. The van der Waals surface area contributed by atoms with Crippen LogP contribution in [0.1, 0.15) is 5.82 Å². The number of imidazole rings is 1. The molecule has 3 rings (SSSR count). The quantitative estimate of drug-likeness (QED) is 0.722. The molecule has 3 N–H and O–H groups in total. The van der Waals surface area contributed by atoms with Crippen LogP contribution in [0.25, 0.3) is 11.0 Å². The highest BCUT2D eigenvalue weighted by Gasteiger charge is 2.10. The number of anilines is 1. The molecule has 0 aliphatic heterocycles. The number of halogens is 2. The van der Waals surface area contributed by atoms with E-state index in [2.05, 4.69) is 9.97 Å². The van der Waals surface area contributed by atoms with Crippen LogP contribution in [0, 0.1) is 11.6 Å². The molecule has 1 aromatic heterocycles. The van der Waals surface area contributed by atoms with E-state index in [-0.39, 0.29) is 12.1 Å². The number of nitrogens with zero attached hydrogens (tertiary/aromatic N) is 1. The van der Waals surface area contributed by atoms with E-state index < -0.39 is 11.6 Å². The van der Waals surface area contributed by atoms with Crippen molar-refractivity contribution in [3.8, 4) is 5.75 Å². The highest BCUT2D eigenvalue weighted by Crippen LogP contribution is 2.19. The fourth-order valence-electron chi connectivity index (χ4n) is 1.92. The number of H-pyrrole nitrogens is 1. The minimum absolute atomic E-state index is 0.0950. The summed E-state index contributed by atoms with van der Waals surface area (Å²) in [4.78, 5) is 6.85. The van der Waals surface area contributed by atoms with E-state index in [4.69, 9.17) is 10.5 Å². The lowest BCUT2D eigenvalue weighted by Gasteiger charge is -2.04. The number of benzene rings is 2. The Bertz CT molecular complexity index is 770.